The fourth-order valence-electron chi connectivity index (χ4n) is 2.64. The lowest BCUT2D eigenvalue weighted by atomic mass is 10.1. The Morgan fingerprint density at radius 3 is 2.62 bits per heavy atom. The van der Waals surface area contributed by atoms with Crippen molar-refractivity contribution >= 4 is 23.6 Å². The van der Waals surface area contributed by atoms with Gasteiger partial charge >= 0.3 is 5.97 Å². The summed E-state index contributed by atoms with van der Waals surface area (Å²) in [5.41, 5.74) is 0.490. The SMILES string of the molecule is CCOc1ccc(C(=O)N2CCSCC2CC(=O)O)cc1OCC. The second-order valence-electron chi connectivity index (χ2n) is 5.35. The van der Waals surface area contributed by atoms with Gasteiger partial charge in [0.25, 0.3) is 5.91 Å². The Bertz CT molecular complexity index is 592. The zero-order valence-electron chi connectivity index (χ0n) is 14.0. The summed E-state index contributed by atoms with van der Waals surface area (Å²) in [5, 5.41) is 9.06. The maximum Gasteiger partial charge on any atom is 0.305 e. The predicted molar refractivity (Wildman–Crippen MR) is 93.2 cm³/mol. The Kier molecular flexibility index (Phi) is 6.78. The van der Waals surface area contributed by atoms with Crippen LogP contribution < -0.4 is 9.47 Å². The van der Waals surface area contributed by atoms with Gasteiger partial charge in [-0.05, 0) is 32.0 Å². The van der Waals surface area contributed by atoms with Gasteiger partial charge in [-0.3, -0.25) is 9.59 Å². The molecule has 1 fully saturated rings. The molecule has 1 aliphatic rings. The van der Waals surface area contributed by atoms with E-state index in [1.165, 1.54) is 0 Å². The molecular weight excluding hydrogens is 330 g/mol. The van der Waals surface area contributed by atoms with Crippen molar-refractivity contribution in [1.29, 1.82) is 0 Å². The summed E-state index contributed by atoms with van der Waals surface area (Å²) < 4.78 is 11.1. The van der Waals surface area contributed by atoms with Crippen molar-refractivity contribution in [3.63, 3.8) is 0 Å². The lowest BCUT2D eigenvalue weighted by Crippen LogP contribution is -2.47. The number of ether oxygens (including phenoxy) is 2. The number of carboxylic acids is 1. The second-order valence-corrected chi connectivity index (χ2v) is 6.50. The molecule has 1 N–H and O–H groups in total. The smallest absolute Gasteiger partial charge is 0.305 e. The summed E-state index contributed by atoms with van der Waals surface area (Å²) in [4.78, 5) is 25.6. The van der Waals surface area contributed by atoms with Crippen molar-refractivity contribution in [2.45, 2.75) is 26.3 Å². The minimum atomic E-state index is -0.887. The molecule has 0 radical (unpaired) electrons. The van der Waals surface area contributed by atoms with E-state index in [4.69, 9.17) is 14.6 Å². The van der Waals surface area contributed by atoms with Gasteiger partial charge < -0.3 is 19.5 Å². The number of carboxylic acid groups (broad SMARTS) is 1. The van der Waals surface area contributed by atoms with Gasteiger partial charge in [0.1, 0.15) is 0 Å². The van der Waals surface area contributed by atoms with Gasteiger partial charge in [-0.2, -0.15) is 11.8 Å². The summed E-state index contributed by atoms with van der Waals surface area (Å²) in [6, 6.07) is 4.83. The third-order valence-electron chi connectivity index (χ3n) is 3.69. The van der Waals surface area contributed by atoms with E-state index in [2.05, 4.69) is 0 Å². The molecule has 0 spiro atoms. The number of hydrogen-bond donors (Lipinski definition) is 1. The molecule has 1 aromatic rings. The van der Waals surface area contributed by atoms with E-state index in [-0.39, 0.29) is 18.4 Å². The number of amides is 1. The van der Waals surface area contributed by atoms with Crippen LogP contribution in [0.5, 0.6) is 11.5 Å². The van der Waals surface area contributed by atoms with E-state index in [9.17, 15) is 9.59 Å². The number of benzene rings is 1. The zero-order chi connectivity index (χ0) is 17.5. The van der Waals surface area contributed by atoms with E-state index in [0.29, 0.717) is 42.6 Å². The average Bonchev–Trinajstić information content (AvgIpc) is 2.56. The number of hydrogen-bond acceptors (Lipinski definition) is 5. The zero-order valence-corrected chi connectivity index (χ0v) is 14.8. The van der Waals surface area contributed by atoms with Crippen LogP contribution >= 0.6 is 11.8 Å². The average molecular weight is 353 g/mol. The Balaban J connectivity index is 2.23. The largest absolute Gasteiger partial charge is 0.490 e. The van der Waals surface area contributed by atoms with Gasteiger partial charge in [0.2, 0.25) is 0 Å². The molecule has 1 amide bonds. The molecule has 0 aromatic heterocycles. The van der Waals surface area contributed by atoms with E-state index >= 15 is 0 Å². The van der Waals surface area contributed by atoms with Crippen LogP contribution in [0.15, 0.2) is 18.2 Å². The summed E-state index contributed by atoms with van der Waals surface area (Å²) in [6.45, 7) is 5.29. The Labute approximate surface area is 146 Å². The third kappa shape index (κ3) is 4.56. The van der Waals surface area contributed by atoms with Crippen molar-refractivity contribution < 1.29 is 24.2 Å². The number of carbonyl (C=O) groups is 2. The topological polar surface area (TPSA) is 76.1 Å². The predicted octanol–water partition coefficient (Wildman–Crippen LogP) is 2.52. The first-order valence-corrected chi connectivity index (χ1v) is 9.22. The van der Waals surface area contributed by atoms with Crippen LogP contribution in [0.25, 0.3) is 0 Å². The van der Waals surface area contributed by atoms with Crippen molar-refractivity contribution in [2.24, 2.45) is 0 Å². The Morgan fingerprint density at radius 2 is 1.96 bits per heavy atom. The highest BCUT2D eigenvalue weighted by molar-refractivity contribution is 7.99. The molecule has 2 rings (SSSR count). The van der Waals surface area contributed by atoms with Crippen LogP contribution in [0.4, 0.5) is 0 Å². The lowest BCUT2D eigenvalue weighted by Gasteiger charge is -2.34. The molecule has 7 heteroatoms. The van der Waals surface area contributed by atoms with E-state index in [0.717, 1.165) is 5.75 Å². The maximum absolute atomic E-state index is 12.8. The molecule has 6 nitrogen and oxygen atoms in total. The molecule has 1 aliphatic heterocycles. The lowest BCUT2D eigenvalue weighted by molar-refractivity contribution is -0.138. The molecule has 0 saturated carbocycles. The van der Waals surface area contributed by atoms with Crippen molar-refractivity contribution in [2.75, 3.05) is 31.3 Å². The Morgan fingerprint density at radius 1 is 1.25 bits per heavy atom. The van der Waals surface area contributed by atoms with Crippen LogP contribution in [-0.4, -0.2) is 59.2 Å². The van der Waals surface area contributed by atoms with E-state index in [1.54, 1.807) is 34.9 Å². The molecule has 132 valence electrons. The first-order valence-electron chi connectivity index (χ1n) is 8.07. The van der Waals surface area contributed by atoms with Crippen LogP contribution in [0.2, 0.25) is 0 Å². The van der Waals surface area contributed by atoms with Gasteiger partial charge in [-0.1, -0.05) is 0 Å². The summed E-state index contributed by atoms with van der Waals surface area (Å²) in [6.07, 6.45) is -0.0336. The normalized spacial score (nSPS) is 17.4. The molecule has 1 heterocycles. The summed E-state index contributed by atoms with van der Waals surface area (Å²) >= 11 is 1.68. The second kappa shape index (κ2) is 8.82. The van der Waals surface area contributed by atoms with Gasteiger partial charge in [0.15, 0.2) is 11.5 Å². The van der Waals surface area contributed by atoms with Gasteiger partial charge in [0, 0.05) is 23.6 Å². The molecule has 0 bridgehead atoms. The molecule has 1 unspecified atom stereocenters. The number of carbonyl (C=O) groups excluding carboxylic acids is 1. The highest BCUT2D eigenvalue weighted by atomic mass is 32.2. The highest BCUT2D eigenvalue weighted by Gasteiger charge is 2.30. The van der Waals surface area contributed by atoms with Crippen molar-refractivity contribution in [3.8, 4) is 11.5 Å². The van der Waals surface area contributed by atoms with Crippen molar-refractivity contribution in [1.82, 2.24) is 4.90 Å². The van der Waals surface area contributed by atoms with Gasteiger partial charge in [-0.15, -0.1) is 0 Å². The monoisotopic (exact) mass is 353 g/mol. The molecule has 1 atom stereocenters. The minimum Gasteiger partial charge on any atom is -0.490 e. The van der Waals surface area contributed by atoms with Crippen molar-refractivity contribution in [3.05, 3.63) is 23.8 Å². The summed E-state index contributed by atoms with van der Waals surface area (Å²) in [5.74, 6) is 1.55. The first-order chi connectivity index (χ1) is 11.6. The van der Waals surface area contributed by atoms with Crippen LogP contribution in [0.3, 0.4) is 0 Å². The third-order valence-corrected chi connectivity index (χ3v) is 4.78. The highest BCUT2D eigenvalue weighted by Crippen LogP contribution is 2.30. The van der Waals surface area contributed by atoms with E-state index in [1.807, 2.05) is 13.8 Å². The Hall–Kier alpha value is -1.89. The van der Waals surface area contributed by atoms with Crippen LogP contribution in [0, 0.1) is 0 Å². The summed E-state index contributed by atoms with van der Waals surface area (Å²) in [7, 11) is 0. The fourth-order valence-corrected chi connectivity index (χ4v) is 3.71. The maximum atomic E-state index is 12.8. The minimum absolute atomic E-state index is 0.0336. The first kappa shape index (κ1) is 18.4. The fraction of sp³-hybridized carbons (Fsp3) is 0.529. The number of thioether (sulfide) groups is 1. The number of nitrogens with zero attached hydrogens (tertiary/aromatic N) is 1. The number of rotatable bonds is 7. The number of aliphatic carboxylic acids is 1. The molecule has 1 saturated heterocycles. The quantitative estimate of drug-likeness (QED) is 0.812. The molecule has 24 heavy (non-hydrogen) atoms. The van der Waals surface area contributed by atoms with E-state index < -0.39 is 5.97 Å². The van der Waals surface area contributed by atoms with Gasteiger partial charge in [-0.25, -0.2) is 0 Å². The molecule has 1 aromatic carbocycles. The van der Waals surface area contributed by atoms with Crippen LogP contribution in [0.1, 0.15) is 30.6 Å². The molecule has 0 aliphatic carbocycles. The van der Waals surface area contributed by atoms with Crippen LogP contribution in [-0.2, 0) is 4.79 Å². The standard InChI is InChI=1S/C17H23NO5S/c1-3-22-14-6-5-12(9-15(14)23-4-2)17(21)18-7-8-24-11-13(18)10-16(19)20/h5-6,9,13H,3-4,7-8,10-11H2,1-2H3,(H,19,20). The van der Waals surface area contributed by atoms with Gasteiger partial charge in [0.05, 0.1) is 25.7 Å². The molecular formula is C17H23NO5S.